The van der Waals surface area contributed by atoms with Crippen LogP contribution in [0.2, 0.25) is 0 Å². The van der Waals surface area contributed by atoms with Gasteiger partial charge in [0.2, 0.25) is 5.91 Å². The molecule has 39 heavy (non-hydrogen) atoms. The zero-order valence-electron chi connectivity index (χ0n) is 24.1. The molecule has 7 heteroatoms. The highest BCUT2D eigenvalue weighted by Crippen LogP contribution is 2.60. The summed E-state index contributed by atoms with van der Waals surface area (Å²) < 4.78 is 0. The lowest BCUT2D eigenvalue weighted by molar-refractivity contribution is -0.118. The molecule has 0 bridgehead atoms. The number of para-hydroxylation sites is 1. The van der Waals surface area contributed by atoms with Crippen LogP contribution in [0.15, 0.2) is 66.7 Å². The molecule has 5 nitrogen and oxygen atoms in total. The van der Waals surface area contributed by atoms with Crippen molar-refractivity contribution in [1.82, 2.24) is 0 Å². The van der Waals surface area contributed by atoms with Crippen LogP contribution in [0.4, 0.5) is 21.9 Å². The van der Waals surface area contributed by atoms with E-state index in [0.717, 1.165) is 23.3 Å². The highest BCUT2D eigenvalue weighted by atomic mass is 31.1. The van der Waals surface area contributed by atoms with Gasteiger partial charge in [-0.2, -0.15) is 0 Å². The van der Waals surface area contributed by atoms with Crippen molar-refractivity contribution in [2.75, 3.05) is 27.7 Å². The monoisotopic (exact) mass is 559 g/mol. The molecule has 3 aromatic carbocycles. The minimum absolute atomic E-state index is 0.0128. The fourth-order valence-electron chi connectivity index (χ4n) is 5.46. The Bertz CT molecular complexity index is 1410. The molecule has 3 aromatic rings. The van der Waals surface area contributed by atoms with Crippen molar-refractivity contribution in [3.63, 3.8) is 0 Å². The van der Waals surface area contributed by atoms with E-state index in [9.17, 15) is 9.59 Å². The first kappa shape index (κ1) is 27.8. The number of nitrogens with one attached hydrogen (secondary N) is 1. The summed E-state index contributed by atoms with van der Waals surface area (Å²) in [4.78, 5) is 30.6. The molecule has 2 unspecified atom stereocenters. The van der Waals surface area contributed by atoms with E-state index in [1.807, 2.05) is 47.1 Å². The second-order valence-electron chi connectivity index (χ2n) is 12.2. The highest BCUT2D eigenvalue weighted by molar-refractivity contribution is 7.69. The van der Waals surface area contributed by atoms with E-state index < -0.39 is 15.8 Å². The Labute approximate surface area is 235 Å². The summed E-state index contributed by atoms with van der Waals surface area (Å²) in [7, 11) is -1.29. The number of benzene rings is 3. The van der Waals surface area contributed by atoms with Gasteiger partial charge in [-0.25, -0.2) is 4.79 Å². The second kappa shape index (κ2) is 10.3. The summed E-state index contributed by atoms with van der Waals surface area (Å²) in [6, 6.07) is 22.4. The van der Waals surface area contributed by atoms with E-state index >= 15 is 0 Å². The normalized spacial score (nSPS) is 18.6. The van der Waals surface area contributed by atoms with Gasteiger partial charge in [-0.15, -0.1) is 0 Å². The van der Waals surface area contributed by atoms with Crippen LogP contribution in [0.25, 0.3) is 11.1 Å². The van der Waals surface area contributed by atoms with Crippen molar-refractivity contribution in [1.29, 1.82) is 0 Å². The number of hydrogen-bond donors (Lipinski definition) is 1. The summed E-state index contributed by atoms with van der Waals surface area (Å²) in [5, 5.41) is 5.79. The van der Waals surface area contributed by atoms with Crippen LogP contribution >= 0.6 is 15.8 Å². The molecule has 204 valence electrons. The zero-order chi connectivity index (χ0) is 28.1. The lowest BCUT2D eigenvalue weighted by atomic mass is 10.0. The van der Waals surface area contributed by atoms with Crippen LogP contribution in [-0.2, 0) is 4.79 Å². The van der Waals surface area contributed by atoms with E-state index in [1.54, 1.807) is 0 Å². The maximum atomic E-state index is 13.6. The van der Waals surface area contributed by atoms with Gasteiger partial charge in [-0.1, -0.05) is 90.9 Å². The Morgan fingerprint density at radius 3 is 1.69 bits per heavy atom. The molecular weight excluding hydrogens is 520 g/mol. The van der Waals surface area contributed by atoms with Crippen LogP contribution in [0.3, 0.4) is 0 Å². The Hall–Kier alpha value is -2.74. The van der Waals surface area contributed by atoms with Crippen molar-refractivity contribution < 1.29 is 9.59 Å². The molecule has 0 aromatic heterocycles. The van der Waals surface area contributed by atoms with E-state index in [0.29, 0.717) is 12.7 Å². The molecule has 0 spiro atoms. The Kier molecular flexibility index (Phi) is 7.38. The molecule has 0 aliphatic carbocycles. The number of anilines is 3. The van der Waals surface area contributed by atoms with Crippen LogP contribution in [0.5, 0.6) is 0 Å². The average Bonchev–Trinajstić information content (AvgIpc) is 3.48. The molecule has 2 aliphatic rings. The van der Waals surface area contributed by atoms with Crippen LogP contribution in [0, 0.1) is 0 Å². The number of carbonyl (C=O) groups is 2. The van der Waals surface area contributed by atoms with Crippen LogP contribution in [-0.4, -0.2) is 34.8 Å². The fourth-order valence-corrected chi connectivity index (χ4v) is 11.0. The average molecular weight is 560 g/mol. The second-order valence-corrected chi connectivity index (χ2v) is 18.1. The van der Waals surface area contributed by atoms with Crippen molar-refractivity contribution in [2.24, 2.45) is 0 Å². The molecule has 2 aliphatic heterocycles. The molecule has 0 radical (unpaired) electrons. The highest BCUT2D eigenvalue weighted by Gasteiger charge is 2.43. The fraction of sp³-hybridized carbons (Fsp3) is 0.375. The molecule has 1 N–H and O–H groups in total. The number of carbonyl (C=O) groups excluding carboxylic acids is 2. The SMILES string of the molecule is CCC(=O)N1CP(C(C)(C)C)c2c(-c3cccc4c3P(C(C)(C)C)CN4C(=O)Nc3ccccc3)cccc21. The predicted molar refractivity (Wildman–Crippen MR) is 170 cm³/mol. The zero-order valence-corrected chi connectivity index (χ0v) is 25.9. The van der Waals surface area contributed by atoms with Crippen LogP contribution < -0.4 is 25.7 Å². The van der Waals surface area contributed by atoms with Crippen molar-refractivity contribution in [3.05, 3.63) is 66.7 Å². The minimum Gasteiger partial charge on any atom is -0.308 e. The lowest BCUT2D eigenvalue weighted by Gasteiger charge is -2.31. The Morgan fingerprint density at radius 2 is 1.21 bits per heavy atom. The number of urea groups is 1. The predicted octanol–water partition coefficient (Wildman–Crippen LogP) is 7.89. The van der Waals surface area contributed by atoms with Gasteiger partial charge < -0.3 is 10.2 Å². The van der Waals surface area contributed by atoms with Crippen LogP contribution in [0.1, 0.15) is 54.9 Å². The van der Waals surface area contributed by atoms with Crippen molar-refractivity contribution in [3.8, 4) is 11.1 Å². The number of hydrogen-bond acceptors (Lipinski definition) is 2. The maximum absolute atomic E-state index is 13.6. The first-order valence-electron chi connectivity index (χ1n) is 13.7. The summed E-state index contributed by atoms with van der Waals surface area (Å²) in [6.07, 6.45) is 1.96. The smallest absolute Gasteiger partial charge is 0.308 e. The quantitative estimate of drug-likeness (QED) is 0.332. The summed E-state index contributed by atoms with van der Waals surface area (Å²) in [6.45, 7) is 15.7. The summed E-state index contributed by atoms with van der Waals surface area (Å²) >= 11 is 0. The summed E-state index contributed by atoms with van der Waals surface area (Å²) in [5.41, 5.74) is 5.29. The third-order valence-electron chi connectivity index (χ3n) is 7.50. The molecular formula is C32H39N3O2P2. The molecule has 2 atom stereocenters. The number of nitrogens with zero attached hydrogens (tertiary/aromatic N) is 2. The lowest BCUT2D eigenvalue weighted by Crippen LogP contribution is -2.33. The molecule has 2 heterocycles. The molecule has 0 saturated carbocycles. The number of amides is 3. The van der Waals surface area contributed by atoms with Crippen molar-refractivity contribution >= 4 is 55.5 Å². The molecule has 0 saturated heterocycles. The Balaban J connectivity index is 1.67. The van der Waals surface area contributed by atoms with E-state index in [4.69, 9.17) is 0 Å². The first-order chi connectivity index (χ1) is 18.4. The molecule has 0 fully saturated rings. The standard InChI is InChI=1S/C32H39N3O2P2/c1-8-27(36)34-20-38(31(2,3)4)28-23(16-12-18-25(28)34)24-17-13-19-26-29(24)39(32(5,6)7)21-35(26)30(37)33-22-14-10-9-11-15-22/h9-19H,8,20-21H2,1-7H3,(H,33,37). The van der Waals surface area contributed by atoms with E-state index in [1.165, 1.54) is 21.7 Å². The topological polar surface area (TPSA) is 52.7 Å². The largest absolute Gasteiger partial charge is 0.326 e. The van der Waals surface area contributed by atoms with Gasteiger partial charge in [-0.05, 0) is 61.5 Å². The van der Waals surface area contributed by atoms with E-state index in [-0.39, 0.29) is 22.3 Å². The summed E-state index contributed by atoms with van der Waals surface area (Å²) in [5.74, 6) is 0.182. The van der Waals surface area contributed by atoms with Gasteiger partial charge in [0.1, 0.15) is 0 Å². The third kappa shape index (κ3) is 5.12. The third-order valence-corrected chi connectivity index (χ3v) is 13.9. The number of rotatable bonds is 3. The van der Waals surface area contributed by atoms with Gasteiger partial charge in [0.15, 0.2) is 0 Å². The minimum atomic E-state index is -0.677. The van der Waals surface area contributed by atoms with E-state index in [2.05, 4.69) is 83.3 Å². The van der Waals surface area contributed by atoms with Gasteiger partial charge in [0, 0.05) is 22.7 Å². The molecule has 5 rings (SSSR count). The van der Waals surface area contributed by atoms with Gasteiger partial charge in [0.25, 0.3) is 0 Å². The van der Waals surface area contributed by atoms with Gasteiger partial charge >= 0.3 is 6.03 Å². The number of fused-ring (bicyclic) bond motifs is 2. The van der Waals surface area contributed by atoms with Crippen molar-refractivity contribution in [2.45, 2.75) is 65.2 Å². The molecule has 3 amide bonds. The van der Waals surface area contributed by atoms with Gasteiger partial charge in [-0.3, -0.25) is 9.69 Å². The van der Waals surface area contributed by atoms with Gasteiger partial charge in [0.05, 0.1) is 23.9 Å². The first-order valence-corrected chi connectivity index (χ1v) is 16.7. The maximum Gasteiger partial charge on any atom is 0.326 e. The Morgan fingerprint density at radius 1 is 0.718 bits per heavy atom.